The summed E-state index contributed by atoms with van der Waals surface area (Å²) in [5.74, 6) is -0.953. The minimum atomic E-state index is -1.76. The van der Waals surface area contributed by atoms with Crippen LogP contribution in [-0.4, -0.2) is 142 Å². The summed E-state index contributed by atoms with van der Waals surface area (Å²) in [7, 11) is 0. The number of aliphatic hydroxyl groups is 7. The second-order valence-electron chi connectivity index (χ2n) is 19.8. The molecule has 4 unspecified atom stereocenters. The molecule has 69 heavy (non-hydrogen) atoms. The highest BCUT2D eigenvalue weighted by Gasteiger charge is 2.47. The number of hydrogen-bond donors (Lipinski definition) is 7. The van der Waals surface area contributed by atoms with Crippen molar-refractivity contribution >= 4 is 11.9 Å². The highest BCUT2D eigenvalue weighted by molar-refractivity contribution is 5.70. The van der Waals surface area contributed by atoms with E-state index in [4.69, 9.17) is 28.4 Å². The third kappa shape index (κ3) is 29.5. The van der Waals surface area contributed by atoms with Gasteiger partial charge in [0.1, 0.15) is 55.4 Å². The van der Waals surface area contributed by atoms with Gasteiger partial charge in [0.15, 0.2) is 18.7 Å². The maximum Gasteiger partial charge on any atom is 0.306 e. The number of allylic oxidation sites excluding steroid dienone is 2. The lowest BCUT2D eigenvalue weighted by Gasteiger charge is -2.42. The molecule has 11 atom stereocenters. The number of unbranched alkanes of at least 4 members (excludes halogenated alkanes) is 28. The van der Waals surface area contributed by atoms with Gasteiger partial charge in [-0.25, -0.2) is 0 Å². The van der Waals surface area contributed by atoms with Crippen molar-refractivity contribution in [2.75, 3.05) is 26.4 Å². The van der Waals surface area contributed by atoms with Gasteiger partial charge in [0.2, 0.25) is 0 Å². The molecule has 0 bridgehead atoms. The van der Waals surface area contributed by atoms with Crippen molar-refractivity contribution in [3.05, 3.63) is 12.2 Å². The number of esters is 2. The zero-order valence-corrected chi connectivity index (χ0v) is 43.1. The van der Waals surface area contributed by atoms with Crippen LogP contribution >= 0.6 is 0 Å². The van der Waals surface area contributed by atoms with E-state index in [0.717, 1.165) is 38.5 Å². The average Bonchev–Trinajstić information content (AvgIpc) is 3.34. The normalized spacial score (nSPS) is 25.6. The molecule has 2 saturated heterocycles. The molecule has 0 aromatic carbocycles. The molecule has 0 aromatic heterocycles. The molecule has 0 spiro atoms. The minimum absolute atomic E-state index is 0.164. The number of rotatable bonds is 44. The van der Waals surface area contributed by atoms with Crippen molar-refractivity contribution in [3.63, 3.8) is 0 Å². The van der Waals surface area contributed by atoms with Crippen LogP contribution in [0.25, 0.3) is 0 Å². The smallest absolute Gasteiger partial charge is 0.306 e. The fourth-order valence-corrected chi connectivity index (χ4v) is 8.93. The molecule has 2 aliphatic heterocycles. The Hall–Kier alpha value is -1.76. The molecule has 15 heteroatoms. The van der Waals surface area contributed by atoms with Gasteiger partial charge in [-0.3, -0.25) is 9.59 Å². The lowest BCUT2D eigenvalue weighted by molar-refractivity contribution is -0.332. The van der Waals surface area contributed by atoms with Crippen LogP contribution in [0.5, 0.6) is 0 Å². The molecule has 2 heterocycles. The topological polar surface area (TPSA) is 231 Å². The van der Waals surface area contributed by atoms with E-state index in [1.54, 1.807) is 0 Å². The predicted molar refractivity (Wildman–Crippen MR) is 266 cm³/mol. The molecule has 15 nitrogen and oxygen atoms in total. The Balaban J connectivity index is 1.72. The Morgan fingerprint density at radius 3 is 1.32 bits per heavy atom. The zero-order valence-electron chi connectivity index (χ0n) is 43.1. The summed E-state index contributed by atoms with van der Waals surface area (Å²) in [6, 6.07) is 0. The molecule has 7 N–H and O–H groups in total. The van der Waals surface area contributed by atoms with Crippen LogP contribution in [0, 0.1) is 0 Å². The zero-order chi connectivity index (χ0) is 50.3. The molecule has 0 amide bonds. The van der Waals surface area contributed by atoms with E-state index in [1.807, 2.05) is 0 Å². The van der Waals surface area contributed by atoms with Crippen molar-refractivity contribution in [3.8, 4) is 0 Å². The summed E-state index contributed by atoms with van der Waals surface area (Å²) in [4.78, 5) is 25.7. The molecule has 0 aromatic rings. The van der Waals surface area contributed by atoms with Crippen molar-refractivity contribution in [2.24, 2.45) is 0 Å². The average molecular weight is 989 g/mol. The Morgan fingerprint density at radius 1 is 0.449 bits per heavy atom. The van der Waals surface area contributed by atoms with Gasteiger partial charge in [0.25, 0.3) is 0 Å². The number of ether oxygens (including phenoxy) is 6. The molecule has 2 aliphatic rings. The summed E-state index contributed by atoms with van der Waals surface area (Å²) in [5.41, 5.74) is 0. The highest BCUT2D eigenvalue weighted by atomic mass is 16.7. The van der Waals surface area contributed by atoms with Crippen LogP contribution in [0.2, 0.25) is 0 Å². The standard InChI is InChI=1S/C54H100O15/c1-3-5-7-9-11-13-15-16-17-18-19-20-21-22-23-24-25-26-27-29-30-32-34-36-45(56)64-39-42(67-46(57)37-35-33-31-28-14-12-10-8-6-4-2)40-65-53-52(63)50(61)48(59)44(69-53)41-66-54-51(62)49(60)47(58)43(38-55)68-54/h29-30,42-44,47-55,58-63H,3-28,31-41H2,1-2H3/b30-29+/t42-,43+,44+,47-,48-,49?,50?,51?,52?,53+,54+/m1/s1. The van der Waals surface area contributed by atoms with Crippen molar-refractivity contribution < 1.29 is 73.8 Å². The van der Waals surface area contributed by atoms with Gasteiger partial charge < -0.3 is 64.2 Å². The first kappa shape index (κ1) is 63.4. The van der Waals surface area contributed by atoms with Gasteiger partial charge >= 0.3 is 11.9 Å². The predicted octanol–water partition coefficient (Wildman–Crippen LogP) is 8.55. The Labute approximate surface area is 416 Å². The van der Waals surface area contributed by atoms with Crippen molar-refractivity contribution in [1.29, 1.82) is 0 Å². The van der Waals surface area contributed by atoms with E-state index in [1.165, 1.54) is 148 Å². The van der Waals surface area contributed by atoms with E-state index in [-0.39, 0.29) is 26.1 Å². The van der Waals surface area contributed by atoms with Crippen LogP contribution in [0.3, 0.4) is 0 Å². The fraction of sp³-hybridized carbons (Fsp3) is 0.926. The van der Waals surface area contributed by atoms with Crippen LogP contribution in [0.1, 0.15) is 226 Å². The maximum absolute atomic E-state index is 13.0. The number of hydrogen-bond acceptors (Lipinski definition) is 15. The monoisotopic (exact) mass is 989 g/mol. The number of carbonyl (C=O) groups is 2. The Morgan fingerprint density at radius 2 is 0.841 bits per heavy atom. The van der Waals surface area contributed by atoms with E-state index < -0.39 is 92.7 Å². The molecule has 2 rings (SSSR count). The number of aliphatic hydroxyl groups excluding tert-OH is 7. The lowest BCUT2D eigenvalue weighted by Crippen LogP contribution is -2.61. The van der Waals surface area contributed by atoms with Gasteiger partial charge in [-0.1, -0.05) is 193 Å². The second kappa shape index (κ2) is 41.7. The van der Waals surface area contributed by atoms with E-state index in [9.17, 15) is 45.3 Å². The van der Waals surface area contributed by atoms with Gasteiger partial charge in [0, 0.05) is 12.8 Å². The highest BCUT2D eigenvalue weighted by Crippen LogP contribution is 2.27. The molecule has 0 saturated carbocycles. The number of carbonyl (C=O) groups excluding carboxylic acids is 2. The summed E-state index contributed by atoms with van der Waals surface area (Å²) >= 11 is 0. The Kier molecular flexibility index (Phi) is 38.3. The van der Waals surface area contributed by atoms with E-state index in [2.05, 4.69) is 26.0 Å². The quantitative estimate of drug-likeness (QED) is 0.0172. The maximum atomic E-state index is 13.0. The molecular weight excluding hydrogens is 889 g/mol. The summed E-state index contributed by atoms with van der Waals surface area (Å²) < 4.78 is 33.5. The summed E-state index contributed by atoms with van der Waals surface area (Å²) in [6.45, 7) is 2.58. The first-order valence-electron chi connectivity index (χ1n) is 27.8. The lowest BCUT2D eigenvalue weighted by atomic mass is 9.98. The van der Waals surface area contributed by atoms with Gasteiger partial charge in [-0.2, -0.15) is 0 Å². The van der Waals surface area contributed by atoms with Crippen molar-refractivity contribution in [1.82, 2.24) is 0 Å². The molecule has 0 radical (unpaired) electrons. The van der Waals surface area contributed by atoms with Gasteiger partial charge in [-0.15, -0.1) is 0 Å². The SMILES string of the molecule is CCCCCCCCCCCCCCCCCCCC/C=C/CCCC(=O)OC[C@H](CO[C@H]1O[C@@H](CO[C@H]2O[C@@H](CO)[C@@H](O)C(O)C2O)[C@@H](O)C(O)C1O)OC(=O)CCCCCCCCCCCC. The minimum Gasteiger partial charge on any atom is -0.462 e. The van der Waals surface area contributed by atoms with Crippen LogP contribution in [0.15, 0.2) is 12.2 Å². The second-order valence-corrected chi connectivity index (χ2v) is 19.8. The van der Waals surface area contributed by atoms with E-state index in [0.29, 0.717) is 12.8 Å². The first-order chi connectivity index (χ1) is 33.5. The third-order valence-corrected chi connectivity index (χ3v) is 13.5. The van der Waals surface area contributed by atoms with Crippen LogP contribution in [-0.2, 0) is 38.0 Å². The van der Waals surface area contributed by atoms with Crippen molar-refractivity contribution in [2.45, 2.75) is 293 Å². The van der Waals surface area contributed by atoms with E-state index >= 15 is 0 Å². The fourth-order valence-electron chi connectivity index (χ4n) is 8.93. The molecular formula is C54H100O15. The van der Waals surface area contributed by atoms with Gasteiger partial charge in [0.05, 0.1) is 19.8 Å². The summed E-state index contributed by atoms with van der Waals surface area (Å²) in [5, 5.41) is 72.1. The molecule has 406 valence electrons. The molecule has 2 fully saturated rings. The van der Waals surface area contributed by atoms with Crippen LogP contribution in [0.4, 0.5) is 0 Å². The van der Waals surface area contributed by atoms with Gasteiger partial charge in [-0.05, 0) is 32.1 Å². The van der Waals surface area contributed by atoms with Crippen LogP contribution < -0.4 is 0 Å². The molecule has 0 aliphatic carbocycles. The largest absolute Gasteiger partial charge is 0.462 e. The third-order valence-electron chi connectivity index (χ3n) is 13.5. The summed E-state index contributed by atoms with van der Waals surface area (Å²) in [6.07, 6.45) is 25.6. The Bertz CT molecular complexity index is 1250. The first-order valence-corrected chi connectivity index (χ1v) is 27.8.